The minimum Gasteiger partial charge on any atom is -0.505 e. The van der Waals surface area contributed by atoms with E-state index in [0.29, 0.717) is 42.5 Å². The van der Waals surface area contributed by atoms with Crippen LogP contribution in [0, 0.1) is 0 Å². The SMILES string of the molecule is Oc1c(Cl)cc(Cl)cc1Sc1cc(Cl)cc(Cl)c1OCCBr. The van der Waals surface area contributed by atoms with Crippen molar-refractivity contribution in [1.82, 2.24) is 0 Å². The Hall–Kier alpha value is 0.0300. The van der Waals surface area contributed by atoms with Crippen molar-refractivity contribution in [1.29, 1.82) is 0 Å². The van der Waals surface area contributed by atoms with Crippen molar-refractivity contribution in [2.75, 3.05) is 11.9 Å². The molecule has 2 rings (SSSR count). The van der Waals surface area contributed by atoms with Gasteiger partial charge in [0.25, 0.3) is 0 Å². The van der Waals surface area contributed by atoms with Gasteiger partial charge in [-0.3, -0.25) is 0 Å². The number of hydrogen-bond acceptors (Lipinski definition) is 3. The molecule has 0 aliphatic carbocycles. The first kappa shape index (κ1) is 18.4. The second-order valence-corrected chi connectivity index (χ2v) is 7.65. The number of benzene rings is 2. The number of rotatable bonds is 5. The number of phenolic OH excluding ortho intramolecular Hbond substituents is 1. The predicted octanol–water partition coefficient (Wildman–Crippen LogP) is 6.93. The lowest BCUT2D eigenvalue weighted by molar-refractivity contribution is 0.337. The molecule has 0 aromatic heterocycles. The van der Waals surface area contributed by atoms with E-state index in [1.807, 2.05) is 0 Å². The first-order valence-corrected chi connectivity index (χ1v) is 9.41. The summed E-state index contributed by atoms with van der Waals surface area (Å²) in [6.07, 6.45) is 0. The summed E-state index contributed by atoms with van der Waals surface area (Å²) in [7, 11) is 0. The Balaban J connectivity index is 2.44. The highest BCUT2D eigenvalue weighted by Crippen LogP contribution is 2.46. The Morgan fingerprint density at radius 3 is 2.18 bits per heavy atom. The Kier molecular flexibility index (Phi) is 6.87. The summed E-state index contributed by atoms with van der Waals surface area (Å²) in [5, 5.41) is 12.2. The number of aromatic hydroxyl groups is 1. The zero-order valence-electron chi connectivity index (χ0n) is 10.9. The van der Waals surface area contributed by atoms with Crippen LogP contribution < -0.4 is 4.74 Å². The predicted molar refractivity (Wildman–Crippen MR) is 98.0 cm³/mol. The fourth-order valence-electron chi connectivity index (χ4n) is 1.63. The summed E-state index contributed by atoms with van der Waals surface area (Å²) in [6, 6.07) is 6.38. The maximum Gasteiger partial charge on any atom is 0.151 e. The third kappa shape index (κ3) is 4.53. The highest BCUT2D eigenvalue weighted by atomic mass is 79.9. The topological polar surface area (TPSA) is 29.5 Å². The van der Waals surface area contributed by atoms with Crippen LogP contribution in [0.15, 0.2) is 34.1 Å². The van der Waals surface area contributed by atoms with Crippen LogP contribution in [0.3, 0.4) is 0 Å². The molecule has 1 N–H and O–H groups in total. The van der Waals surface area contributed by atoms with Gasteiger partial charge in [0.05, 0.1) is 26.4 Å². The van der Waals surface area contributed by atoms with E-state index in [2.05, 4.69) is 15.9 Å². The normalized spacial score (nSPS) is 10.8. The van der Waals surface area contributed by atoms with Crippen LogP contribution >= 0.6 is 74.1 Å². The van der Waals surface area contributed by atoms with Crippen molar-refractivity contribution >= 4 is 74.1 Å². The van der Waals surface area contributed by atoms with Crippen LogP contribution in [-0.2, 0) is 0 Å². The highest BCUT2D eigenvalue weighted by molar-refractivity contribution is 9.09. The molecule has 2 nitrogen and oxygen atoms in total. The summed E-state index contributed by atoms with van der Waals surface area (Å²) in [6.45, 7) is 0.442. The molecule has 0 spiro atoms. The van der Waals surface area contributed by atoms with E-state index < -0.39 is 0 Å². The molecule has 0 amide bonds. The molecular weight excluding hydrogens is 454 g/mol. The molecule has 2 aromatic carbocycles. The van der Waals surface area contributed by atoms with Crippen molar-refractivity contribution < 1.29 is 9.84 Å². The summed E-state index contributed by atoms with van der Waals surface area (Å²) in [5.74, 6) is 0.435. The first-order valence-electron chi connectivity index (χ1n) is 5.96. The maximum atomic E-state index is 10.1. The number of hydrogen-bond donors (Lipinski definition) is 1. The molecular formula is C14H9BrCl4O2S. The molecule has 2 aromatic rings. The summed E-state index contributed by atoms with van der Waals surface area (Å²) in [4.78, 5) is 1.15. The van der Waals surface area contributed by atoms with Gasteiger partial charge in [0.2, 0.25) is 0 Å². The molecule has 118 valence electrons. The average Bonchev–Trinajstić information content (AvgIpc) is 2.43. The fourth-order valence-corrected chi connectivity index (χ4v) is 4.15. The van der Waals surface area contributed by atoms with Gasteiger partial charge in [0.15, 0.2) is 5.75 Å². The fraction of sp³-hybridized carbons (Fsp3) is 0.143. The Morgan fingerprint density at radius 1 is 0.955 bits per heavy atom. The van der Waals surface area contributed by atoms with E-state index in [-0.39, 0.29) is 10.8 Å². The molecule has 0 heterocycles. The van der Waals surface area contributed by atoms with Crippen molar-refractivity contribution in [3.8, 4) is 11.5 Å². The van der Waals surface area contributed by atoms with Gasteiger partial charge >= 0.3 is 0 Å². The lowest BCUT2D eigenvalue weighted by atomic mass is 10.3. The van der Waals surface area contributed by atoms with Crippen LogP contribution in [0.1, 0.15) is 0 Å². The minimum absolute atomic E-state index is 0.0568. The van der Waals surface area contributed by atoms with Crippen molar-refractivity contribution in [3.05, 3.63) is 44.4 Å². The summed E-state index contributed by atoms with van der Waals surface area (Å²) >= 11 is 28.7. The van der Waals surface area contributed by atoms with Gasteiger partial charge in [-0.1, -0.05) is 74.1 Å². The van der Waals surface area contributed by atoms with E-state index in [4.69, 9.17) is 51.1 Å². The van der Waals surface area contributed by atoms with Gasteiger partial charge in [-0.05, 0) is 24.3 Å². The molecule has 0 saturated carbocycles. The lowest BCUT2D eigenvalue weighted by Crippen LogP contribution is -1.99. The molecule has 0 aliphatic rings. The standard InChI is InChI=1S/C14H9BrCl4O2S/c15-1-2-21-14-10(19)4-8(17)6-12(14)22-11-5-7(16)3-9(18)13(11)20/h3-6,20H,1-2H2. The molecule has 0 bridgehead atoms. The van der Waals surface area contributed by atoms with Crippen LogP contribution in [-0.4, -0.2) is 17.0 Å². The van der Waals surface area contributed by atoms with E-state index in [9.17, 15) is 5.11 Å². The van der Waals surface area contributed by atoms with Gasteiger partial charge in [-0.15, -0.1) is 0 Å². The van der Waals surface area contributed by atoms with E-state index in [1.54, 1.807) is 18.2 Å². The van der Waals surface area contributed by atoms with Crippen molar-refractivity contribution in [3.63, 3.8) is 0 Å². The molecule has 22 heavy (non-hydrogen) atoms. The van der Waals surface area contributed by atoms with Gasteiger partial charge in [-0.25, -0.2) is 0 Å². The summed E-state index contributed by atoms with van der Waals surface area (Å²) in [5.41, 5.74) is 0. The zero-order valence-corrected chi connectivity index (χ0v) is 16.3. The van der Waals surface area contributed by atoms with E-state index in [0.717, 1.165) is 0 Å². The maximum absolute atomic E-state index is 10.1. The average molecular weight is 463 g/mol. The minimum atomic E-state index is -0.0568. The van der Waals surface area contributed by atoms with Crippen LogP contribution in [0.4, 0.5) is 0 Å². The molecule has 0 saturated heterocycles. The Morgan fingerprint density at radius 2 is 1.55 bits per heavy atom. The van der Waals surface area contributed by atoms with E-state index in [1.165, 1.54) is 17.8 Å². The molecule has 8 heteroatoms. The molecule has 0 radical (unpaired) electrons. The molecule has 0 aliphatic heterocycles. The van der Waals surface area contributed by atoms with Gasteiger partial charge in [0, 0.05) is 15.4 Å². The largest absolute Gasteiger partial charge is 0.505 e. The molecule has 0 fully saturated rings. The first-order chi connectivity index (χ1) is 10.4. The summed E-state index contributed by atoms with van der Waals surface area (Å²) < 4.78 is 5.64. The van der Waals surface area contributed by atoms with Gasteiger partial charge in [0.1, 0.15) is 5.75 Å². The van der Waals surface area contributed by atoms with Crippen LogP contribution in [0.2, 0.25) is 20.1 Å². The van der Waals surface area contributed by atoms with Crippen molar-refractivity contribution in [2.24, 2.45) is 0 Å². The highest BCUT2D eigenvalue weighted by Gasteiger charge is 2.16. The second kappa shape index (κ2) is 8.22. The smallest absolute Gasteiger partial charge is 0.151 e. The number of phenols is 1. The van der Waals surface area contributed by atoms with Gasteiger partial charge in [-0.2, -0.15) is 0 Å². The number of halogens is 5. The zero-order chi connectivity index (χ0) is 16.3. The van der Waals surface area contributed by atoms with Crippen molar-refractivity contribution in [2.45, 2.75) is 9.79 Å². The molecule has 0 atom stereocenters. The monoisotopic (exact) mass is 460 g/mol. The number of ether oxygens (including phenoxy) is 1. The lowest BCUT2D eigenvalue weighted by Gasteiger charge is -2.14. The molecule has 0 unspecified atom stereocenters. The van der Waals surface area contributed by atoms with Gasteiger partial charge < -0.3 is 9.84 Å². The van der Waals surface area contributed by atoms with Crippen LogP contribution in [0.5, 0.6) is 11.5 Å². The van der Waals surface area contributed by atoms with E-state index >= 15 is 0 Å². The third-order valence-corrected chi connectivity index (χ3v) is 4.89. The Bertz CT molecular complexity index is 697. The third-order valence-electron chi connectivity index (χ3n) is 2.51. The quantitative estimate of drug-likeness (QED) is 0.488. The number of alkyl halides is 1. The Labute approximate surface area is 160 Å². The van der Waals surface area contributed by atoms with Crippen LogP contribution in [0.25, 0.3) is 0 Å². The second-order valence-electron chi connectivity index (χ2n) is 4.09.